The van der Waals surface area contributed by atoms with Crippen molar-refractivity contribution in [1.82, 2.24) is 9.97 Å². The van der Waals surface area contributed by atoms with E-state index in [1.54, 1.807) is 19.2 Å². The second kappa shape index (κ2) is 7.63. The molecule has 1 aromatic heterocycles. The van der Waals surface area contributed by atoms with E-state index in [0.29, 0.717) is 18.2 Å². The molecule has 0 saturated carbocycles. The van der Waals surface area contributed by atoms with Crippen molar-refractivity contribution in [3.63, 3.8) is 0 Å². The molecule has 0 aliphatic rings. The van der Waals surface area contributed by atoms with Crippen LogP contribution in [0.15, 0.2) is 12.3 Å². The second-order valence-corrected chi connectivity index (χ2v) is 3.90. The summed E-state index contributed by atoms with van der Waals surface area (Å²) in [6.45, 7) is 8.05. The van der Waals surface area contributed by atoms with Crippen molar-refractivity contribution < 1.29 is 9.53 Å². The Hall–Kier alpha value is -1.65. The lowest BCUT2D eigenvalue weighted by Crippen LogP contribution is -2.26. The highest BCUT2D eigenvalue weighted by Crippen LogP contribution is 2.09. The Labute approximate surface area is 108 Å². The Kier molecular flexibility index (Phi) is 6.11. The van der Waals surface area contributed by atoms with Crippen molar-refractivity contribution in [2.45, 2.75) is 33.6 Å². The molecule has 0 aliphatic carbocycles. The van der Waals surface area contributed by atoms with E-state index >= 15 is 0 Å². The van der Waals surface area contributed by atoms with Crippen LogP contribution >= 0.6 is 0 Å². The summed E-state index contributed by atoms with van der Waals surface area (Å²) >= 11 is 0. The first-order chi connectivity index (χ1) is 8.72. The maximum absolute atomic E-state index is 11.6. The molecule has 0 N–H and O–H groups in total. The molecule has 0 aromatic carbocycles. The highest BCUT2D eigenvalue weighted by Gasteiger charge is 2.12. The maximum atomic E-state index is 11.6. The Morgan fingerprint density at radius 1 is 1.39 bits per heavy atom. The zero-order chi connectivity index (χ0) is 13.4. The molecule has 1 aromatic rings. The van der Waals surface area contributed by atoms with Crippen LogP contribution < -0.4 is 4.90 Å². The van der Waals surface area contributed by atoms with Gasteiger partial charge in [-0.15, -0.1) is 0 Å². The third-order valence-corrected chi connectivity index (χ3v) is 2.57. The van der Waals surface area contributed by atoms with Crippen LogP contribution in [0.2, 0.25) is 0 Å². The average Bonchev–Trinajstić information content (AvgIpc) is 2.40. The predicted octanol–water partition coefficient (Wildman–Crippen LogP) is 2.28. The summed E-state index contributed by atoms with van der Waals surface area (Å²) in [4.78, 5) is 22.1. The lowest BCUT2D eigenvalue weighted by Gasteiger charge is -2.20. The highest BCUT2D eigenvalue weighted by atomic mass is 16.5. The Bertz CT molecular complexity index is 382. The van der Waals surface area contributed by atoms with Crippen LogP contribution in [0.1, 0.15) is 44.1 Å². The van der Waals surface area contributed by atoms with Gasteiger partial charge in [0, 0.05) is 19.3 Å². The number of carbonyl (C=O) groups is 1. The SMILES string of the molecule is CCCCN(CC)c1nccc(C(=O)OCC)n1. The summed E-state index contributed by atoms with van der Waals surface area (Å²) in [5.41, 5.74) is 0.316. The number of hydrogen-bond donors (Lipinski definition) is 0. The minimum Gasteiger partial charge on any atom is -0.461 e. The molecule has 0 radical (unpaired) electrons. The summed E-state index contributed by atoms with van der Waals surface area (Å²) in [7, 11) is 0. The molecule has 0 spiro atoms. The molecule has 1 heterocycles. The summed E-state index contributed by atoms with van der Waals surface area (Å²) in [6, 6.07) is 1.58. The van der Waals surface area contributed by atoms with Gasteiger partial charge in [0.1, 0.15) is 0 Å². The number of unbranched alkanes of at least 4 members (excludes halogenated alkanes) is 1. The summed E-state index contributed by atoms with van der Waals surface area (Å²) in [5, 5.41) is 0. The minimum atomic E-state index is -0.396. The number of rotatable bonds is 7. The molecule has 18 heavy (non-hydrogen) atoms. The standard InChI is InChI=1S/C13H21N3O2/c1-4-7-10-16(5-2)13-14-9-8-11(15-13)12(17)18-6-3/h8-9H,4-7,10H2,1-3H3. The van der Waals surface area contributed by atoms with Gasteiger partial charge in [0.15, 0.2) is 5.69 Å². The van der Waals surface area contributed by atoms with Gasteiger partial charge in [-0.2, -0.15) is 0 Å². The number of nitrogens with zero attached hydrogens (tertiary/aromatic N) is 3. The van der Waals surface area contributed by atoms with Crippen molar-refractivity contribution in [3.8, 4) is 0 Å². The van der Waals surface area contributed by atoms with E-state index in [9.17, 15) is 4.79 Å². The smallest absolute Gasteiger partial charge is 0.357 e. The van der Waals surface area contributed by atoms with E-state index in [4.69, 9.17) is 4.74 Å². The molecule has 0 unspecified atom stereocenters. The van der Waals surface area contributed by atoms with Crippen LogP contribution in [0.25, 0.3) is 0 Å². The van der Waals surface area contributed by atoms with Gasteiger partial charge >= 0.3 is 5.97 Å². The van der Waals surface area contributed by atoms with E-state index in [2.05, 4.69) is 28.7 Å². The van der Waals surface area contributed by atoms with Crippen molar-refractivity contribution >= 4 is 11.9 Å². The lowest BCUT2D eigenvalue weighted by molar-refractivity contribution is 0.0519. The Balaban J connectivity index is 2.82. The minimum absolute atomic E-state index is 0.316. The monoisotopic (exact) mass is 251 g/mol. The fourth-order valence-electron chi connectivity index (χ4n) is 1.57. The normalized spacial score (nSPS) is 10.2. The van der Waals surface area contributed by atoms with Gasteiger partial charge < -0.3 is 9.64 Å². The predicted molar refractivity (Wildman–Crippen MR) is 70.8 cm³/mol. The second-order valence-electron chi connectivity index (χ2n) is 3.90. The summed E-state index contributed by atoms with van der Waals surface area (Å²) in [5.74, 6) is 0.198. The first-order valence-electron chi connectivity index (χ1n) is 6.48. The van der Waals surface area contributed by atoms with E-state index in [0.717, 1.165) is 25.9 Å². The zero-order valence-electron chi connectivity index (χ0n) is 11.3. The number of ether oxygens (including phenoxy) is 1. The first kappa shape index (κ1) is 14.4. The van der Waals surface area contributed by atoms with Gasteiger partial charge in [-0.05, 0) is 26.3 Å². The number of anilines is 1. The number of hydrogen-bond acceptors (Lipinski definition) is 5. The van der Waals surface area contributed by atoms with Crippen molar-refractivity contribution in [2.24, 2.45) is 0 Å². The van der Waals surface area contributed by atoms with Crippen LogP contribution in [0, 0.1) is 0 Å². The Morgan fingerprint density at radius 2 is 2.17 bits per heavy atom. The molecular formula is C13H21N3O2. The lowest BCUT2D eigenvalue weighted by atomic mass is 10.3. The van der Waals surface area contributed by atoms with Crippen LogP contribution in [-0.2, 0) is 4.74 Å². The summed E-state index contributed by atoms with van der Waals surface area (Å²) in [6.07, 6.45) is 3.80. The Morgan fingerprint density at radius 3 is 2.78 bits per heavy atom. The molecular weight excluding hydrogens is 230 g/mol. The van der Waals surface area contributed by atoms with Crippen LogP contribution in [0.3, 0.4) is 0 Å². The molecule has 0 fully saturated rings. The van der Waals surface area contributed by atoms with Gasteiger partial charge in [0.05, 0.1) is 6.61 Å². The molecule has 0 saturated heterocycles. The molecule has 0 bridgehead atoms. The van der Waals surface area contributed by atoms with Crippen molar-refractivity contribution in [2.75, 3.05) is 24.6 Å². The number of esters is 1. The van der Waals surface area contributed by atoms with Crippen LogP contribution in [0.4, 0.5) is 5.95 Å². The van der Waals surface area contributed by atoms with Crippen molar-refractivity contribution in [3.05, 3.63) is 18.0 Å². The zero-order valence-corrected chi connectivity index (χ0v) is 11.3. The molecule has 1 rings (SSSR count). The van der Waals surface area contributed by atoms with Gasteiger partial charge in [-0.3, -0.25) is 0 Å². The fourth-order valence-corrected chi connectivity index (χ4v) is 1.57. The molecule has 5 nitrogen and oxygen atoms in total. The average molecular weight is 251 g/mol. The maximum Gasteiger partial charge on any atom is 0.357 e. The van der Waals surface area contributed by atoms with Crippen molar-refractivity contribution in [1.29, 1.82) is 0 Å². The number of aromatic nitrogens is 2. The van der Waals surface area contributed by atoms with Gasteiger partial charge in [0.25, 0.3) is 0 Å². The largest absolute Gasteiger partial charge is 0.461 e. The van der Waals surface area contributed by atoms with E-state index in [-0.39, 0.29) is 0 Å². The van der Waals surface area contributed by atoms with E-state index in [1.807, 2.05) is 0 Å². The highest BCUT2D eigenvalue weighted by molar-refractivity contribution is 5.87. The van der Waals surface area contributed by atoms with Gasteiger partial charge in [-0.1, -0.05) is 13.3 Å². The quantitative estimate of drug-likeness (QED) is 0.696. The van der Waals surface area contributed by atoms with Crippen LogP contribution in [0.5, 0.6) is 0 Å². The molecule has 0 aliphatic heterocycles. The molecule has 0 amide bonds. The van der Waals surface area contributed by atoms with Gasteiger partial charge in [0.2, 0.25) is 5.95 Å². The molecule has 100 valence electrons. The third-order valence-electron chi connectivity index (χ3n) is 2.57. The summed E-state index contributed by atoms with van der Waals surface area (Å²) < 4.78 is 4.93. The van der Waals surface area contributed by atoms with Crippen LogP contribution in [-0.4, -0.2) is 35.6 Å². The topological polar surface area (TPSA) is 55.3 Å². The molecule has 0 atom stereocenters. The van der Waals surface area contributed by atoms with E-state index in [1.165, 1.54) is 0 Å². The van der Waals surface area contributed by atoms with E-state index < -0.39 is 5.97 Å². The first-order valence-corrected chi connectivity index (χ1v) is 6.48. The van der Waals surface area contributed by atoms with Gasteiger partial charge in [-0.25, -0.2) is 14.8 Å². The third kappa shape index (κ3) is 3.98. The molecule has 5 heteroatoms. The fraction of sp³-hybridized carbons (Fsp3) is 0.615. The number of carbonyl (C=O) groups excluding carboxylic acids is 1.